The number of likely N-dealkylation sites (N-methyl/N-ethyl adjacent to an activating group) is 1. The highest BCUT2D eigenvalue weighted by Crippen LogP contribution is 2.31. The molecule has 1 saturated heterocycles. The second-order valence-corrected chi connectivity index (χ2v) is 9.81. The normalized spacial score (nSPS) is 20.9. The number of ether oxygens (including phenoxy) is 1. The SMILES string of the molecule is CN(CC1CC1)C1CCN(c2ccc(NC(=O)Nc3ccc(OC4CCCC4)nc3)cc2)C1. The topological polar surface area (TPSA) is 69.7 Å². The molecule has 176 valence electrons. The van der Waals surface area contributed by atoms with Gasteiger partial charge in [-0.15, -0.1) is 0 Å². The van der Waals surface area contributed by atoms with Crippen LogP contribution < -0.4 is 20.3 Å². The van der Waals surface area contributed by atoms with Crippen LogP contribution in [0.1, 0.15) is 44.9 Å². The van der Waals surface area contributed by atoms with Crippen LogP contribution in [0.5, 0.6) is 5.88 Å². The van der Waals surface area contributed by atoms with Gasteiger partial charge >= 0.3 is 6.03 Å². The number of amides is 2. The Labute approximate surface area is 196 Å². The van der Waals surface area contributed by atoms with E-state index in [2.05, 4.69) is 44.6 Å². The Morgan fingerprint density at radius 1 is 1.03 bits per heavy atom. The van der Waals surface area contributed by atoms with Crippen LogP contribution in [0, 0.1) is 5.92 Å². The van der Waals surface area contributed by atoms with Gasteiger partial charge in [0.25, 0.3) is 0 Å². The van der Waals surface area contributed by atoms with Crippen molar-refractivity contribution < 1.29 is 9.53 Å². The van der Waals surface area contributed by atoms with Crippen LogP contribution in [0.15, 0.2) is 42.6 Å². The zero-order valence-electron chi connectivity index (χ0n) is 19.5. The maximum atomic E-state index is 12.4. The average Bonchev–Trinajstić information content (AvgIpc) is 3.25. The summed E-state index contributed by atoms with van der Waals surface area (Å²) in [7, 11) is 2.27. The van der Waals surface area contributed by atoms with Gasteiger partial charge in [-0.2, -0.15) is 0 Å². The second-order valence-electron chi connectivity index (χ2n) is 9.81. The third kappa shape index (κ3) is 5.96. The lowest BCUT2D eigenvalue weighted by molar-refractivity contribution is 0.201. The lowest BCUT2D eigenvalue weighted by atomic mass is 10.2. The molecule has 5 rings (SSSR count). The van der Waals surface area contributed by atoms with E-state index < -0.39 is 0 Å². The number of pyridine rings is 1. The van der Waals surface area contributed by atoms with Crippen LogP contribution in [-0.2, 0) is 0 Å². The first-order chi connectivity index (χ1) is 16.1. The first kappa shape index (κ1) is 22.0. The standard InChI is InChI=1S/C26H35N5O2/c1-30(17-19-6-7-19)23-14-15-31(18-23)22-11-8-20(9-12-22)28-26(32)29-21-10-13-25(27-16-21)33-24-4-2-3-5-24/h8-13,16,19,23-24H,2-7,14-15,17-18H2,1H3,(H2,28,29,32). The quantitative estimate of drug-likeness (QED) is 0.596. The maximum Gasteiger partial charge on any atom is 0.323 e. The number of hydrogen-bond donors (Lipinski definition) is 2. The highest BCUT2D eigenvalue weighted by molar-refractivity contribution is 5.99. The fraction of sp³-hybridized carbons (Fsp3) is 0.538. The third-order valence-electron chi connectivity index (χ3n) is 7.10. The number of carbonyl (C=O) groups is 1. The number of aromatic nitrogens is 1. The van der Waals surface area contributed by atoms with E-state index in [4.69, 9.17) is 4.74 Å². The van der Waals surface area contributed by atoms with Crippen LogP contribution in [0.2, 0.25) is 0 Å². The number of rotatable bonds is 8. The Morgan fingerprint density at radius 3 is 2.45 bits per heavy atom. The molecule has 1 unspecified atom stereocenters. The van der Waals surface area contributed by atoms with Crippen molar-refractivity contribution in [3.05, 3.63) is 42.6 Å². The molecule has 1 aromatic carbocycles. The van der Waals surface area contributed by atoms with Gasteiger partial charge in [-0.25, -0.2) is 9.78 Å². The summed E-state index contributed by atoms with van der Waals surface area (Å²) in [4.78, 5) is 21.7. The summed E-state index contributed by atoms with van der Waals surface area (Å²) in [5.41, 5.74) is 2.62. The van der Waals surface area contributed by atoms with Crippen LogP contribution >= 0.6 is 0 Å². The highest BCUT2D eigenvalue weighted by atomic mass is 16.5. The molecule has 7 nitrogen and oxygen atoms in total. The molecular formula is C26H35N5O2. The van der Waals surface area contributed by atoms with E-state index in [0.717, 1.165) is 37.5 Å². The van der Waals surface area contributed by atoms with E-state index in [9.17, 15) is 4.79 Å². The van der Waals surface area contributed by atoms with Gasteiger partial charge in [-0.3, -0.25) is 0 Å². The predicted molar refractivity (Wildman–Crippen MR) is 132 cm³/mol. The molecule has 1 atom stereocenters. The summed E-state index contributed by atoms with van der Waals surface area (Å²) < 4.78 is 5.88. The summed E-state index contributed by atoms with van der Waals surface area (Å²) in [6.45, 7) is 3.40. The molecule has 0 radical (unpaired) electrons. The molecule has 7 heteroatoms. The van der Waals surface area contributed by atoms with Crippen molar-refractivity contribution >= 4 is 23.1 Å². The van der Waals surface area contributed by atoms with E-state index in [1.165, 1.54) is 44.3 Å². The molecule has 33 heavy (non-hydrogen) atoms. The molecular weight excluding hydrogens is 414 g/mol. The molecule has 1 aliphatic heterocycles. The molecule has 0 spiro atoms. The summed E-state index contributed by atoms with van der Waals surface area (Å²) >= 11 is 0. The van der Waals surface area contributed by atoms with Crippen molar-refractivity contribution in [2.75, 3.05) is 42.2 Å². The Kier molecular flexibility index (Phi) is 6.67. The van der Waals surface area contributed by atoms with Crippen molar-refractivity contribution in [1.82, 2.24) is 9.88 Å². The van der Waals surface area contributed by atoms with Crippen molar-refractivity contribution in [3.63, 3.8) is 0 Å². The lowest BCUT2D eigenvalue weighted by Crippen LogP contribution is -2.35. The predicted octanol–water partition coefficient (Wildman–Crippen LogP) is 4.97. The van der Waals surface area contributed by atoms with Gasteiger partial charge in [-0.05, 0) is 88.2 Å². The van der Waals surface area contributed by atoms with Crippen molar-refractivity contribution in [3.8, 4) is 5.88 Å². The lowest BCUT2D eigenvalue weighted by Gasteiger charge is -2.25. The first-order valence-corrected chi connectivity index (χ1v) is 12.4. The van der Waals surface area contributed by atoms with Gasteiger partial charge in [-0.1, -0.05) is 0 Å². The number of nitrogens with zero attached hydrogens (tertiary/aromatic N) is 3. The van der Waals surface area contributed by atoms with Crippen LogP contribution in [0.3, 0.4) is 0 Å². The minimum atomic E-state index is -0.281. The monoisotopic (exact) mass is 449 g/mol. The first-order valence-electron chi connectivity index (χ1n) is 12.4. The van der Waals surface area contributed by atoms with E-state index in [-0.39, 0.29) is 12.1 Å². The van der Waals surface area contributed by atoms with Crippen molar-refractivity contribution in [1.29, 1.82) is 0 Å². The summed E-state index contributed by atoms with van der Waals surface area (Å²) in [5.74, 6) is 1.55. The van der Waals surface area contributed by atoms with E-state index in [0.29, 0.717) is 17.6 Å². The summed E-state index contributed by atoms with van der Waals surface area (Å²) in [6, 6.07) is 12.1. The molecule has 2 aromatic rings. The number of nitrogens with one attached hydrogen (secondary N) is 2. The van der Waals surface area contributed by atoms with E-state index in [1.54, 1.807) is 6.20 Å². The molecule has 1 aromatic heterocycles. The molecule has 0 bridgehead atoms. The molecule has 3 fully saturated rings. The minimum Gasteiger partial charge on any atom is -0.474 e. The second kappa shape index (κ2) is 10.00. The Hall–Kier alpha value is -2.80. The zero-order valence-corrected chi connectivity index (χ0v) is 19.5. The van der Waals surface area contributed by atoms with Crippen molar-refractivity contribution in [2.24, 2.45) is 5.92 Å². The number of benzene rings is 1. The van der Waals surface area contributed by atoms with Gasteiger partial charge in [0.05, 0.1) is 11.9 Å². The van der Waals surface area contributed by atoms with Gasteiger partial charge in [0.1, 0.15) is 6.10 Å². The number of anilines is 3. The van der Waals surface area contributed by atoms with Crippen LogP contribution in [0.25, 0.3) is 0 Å². The van der Waals surface area contributed by atoms with Gasteiger partial charge in [0.2, 0.25) is 5.88 Å². The number of urea groups is 1. The summed E-state index contributed by atoms with van der Waals surface area (Å²) in [6.07, 6.45) is 10.6. The number of hydrogen-bond acceptors (Lipinski definition) is 5. The maximum absolute atomic E-state index is 12.4. The Morgan fingerprint density at radius 2 is 1.76 bits per heavy atom. The van der Waals surface area contributed by atoms with Crippen LogP contribution in [-0.4, -0.2) is 54.7 Å². The summed E-state index contributed by atoms with van der Waals surface area (Å²) in [5, 5.41) is 5.74. The molecule has 2 aliphatic carbocycles. The largest absolute Gasteiger partial charge is 0.474 e. The van der Waals surface area contributed by atoms with Gasteiger partial charge < -0.3 is 25.2 Å². The Balaban J connectivity index is 1.08. The molecule has 2 heterocycles. The van der Waals surface area contributed by atoms with E-state index >= 15 is 0 Å². The molecule has 2 saturated carbocycles. The third-order valence-corrected chi connectivity index (χ3v) is 7.10. The van der Waals surface area contributed by atoms with Crippen LogP contribution in [0.4, 0.5) is 21.9 Å². The molecule has 3 aliphatic rings. The molecule has 2 N–H and O–H groups in total. The Bertz CT molecular complexity index is 923. The fourth-order valence-electron chi connectivity index (χ4n) is 4.94. The fourth-order valence-corrected chi connectivity index (χ4v) is 4.94. The average molecular weight is 450 g/mol. The highest BCUT2D eigenvalue weighted by Gasteiger charge is 2.30. The smallest absolute Gasteiger partial charge is 0.323 e. The number of carbonyl (C=O) groups excluding carboxylic acids is 1. The minimum absolute atomic E-state index is 0.276. The van der Waals surface area contributed by atoms with Gasteiger partial charge in [0, 0.05) is 43.1 Å². The van der Waals surface area contributed by atoms with E-state index in [1.807, 2.05) is 24.3 Å². The van der Waals surface area contributed by atoms with Gasteiger partial charge in [0.15, 0.2) is 0 Å². The molecule has 2 amide bonds. The zero-order chi connectivity index (χ0) is 22.6. The van der Waals surface area contributed by atoms with Crippen molar-refractivity contribution in [2.45, 2.75) is 57.1 Å².